The first-order chi connectivity index (χ1) is 6.32. The molecular formula is C9H14N2O3. The number of aliphatic carboxylic acids is 1. The minimum Gasteiger partial charge on any atom is -0.481 e. The number of rotatable bonds is 2. The quantitative estimate of drug-likeness (QED) is 0.729. The van der Waals surface area contributed by atoms with Crippen LogP contribution >= 0.6 is 0 Å². The molecule has 5 heteroatoms. The van der Waals surface area contributed by atoms with Crippen LogP contribution in [0.15, 0.2) is 11.0 Å². The Bertz CT molecular complexity index is 395. The molecule has 5 nitrogen and oxygen atoms in total. The molecule has 0 radical (unpaired) electrons. The predicted molar refractivity (Wildman–Crippen MR) is 51.4 cm³/mol. The molecule has 1 heterocycles. The van der Waals surface area contributed by atoms with Crippen LogP contribution in [0.3, 0.4) is 0 Å². The molecular weight excluding hydrogens is 184 g/mol. The van der Waals surface area contributed by atoms with Crippen LogP contribution in [-0.2, 0) is 16.8 Å². The summed E-state index contributed by atoms with van der Waals surface area (Å²) in [7, 11) is 0. The number of carboxylic acids is 1. The molecule has 0 unspecified atom stereocenters. The average molecular weight is 198 g/mol. The Morgan fingerprint density at radius 1 is 1.57 bits per heavy atom. The number of nitrogens with zero attached hydrogens (tertiary/aromatic N) is 1. The molecule has 78 valence electrons. The minimum atomic E-state index is -0.998. The molecule has 0 aliphatic rings. The van der Waals surface area contributed by atoms with Gasteiger partial charge in [-0.1, -0.05) is 0 Å². The van der Waals surface area contributed by atoms with E-state index in [1.807, 2.05) is 20.8 Å². The maximum Gasteiger partial charge on any atom is 0.308 e. The van der Waals surface area contributed by atoms with Crippen LogP contribution in [0.4, 0.5) is 0 Å². The fourth-order valence-electron chi connectivity index (χ4n) is 1.19. The lowest BCUT2D eigenvalue weighted by atomic mass is 10.1. The molecule has 14 heavy (non-hydrogen) atoms. The van der Waals surface area contributed by atoms with Crippen molar-refractivity contribution in [1.29, 1.82) is 0 Å². The van der Waals surface area contributed by atoms with Gasteiger partial charge < -0.3 is 10.2 Å². The van der Waals surface area contributed by atoms with Gasteiger partial charge in [0.2, 0.25) is 0 Å². The van der Waals surface area contributed by atoms with Gasteiger partial charge in [-0.25, -0.2) is 4.68 Å². The van der Waals surface area contributed by atoms with Crippen LogP contribution in [-0.4, -0.2) is 20.9 Å². The van der Waals surface area contributed by atoms with Crippen LogP contribution in [0, 0.1) is 0 Å². The standard InChI is InChI=1S/C9H14N2O3/c1-9(2,3)11-8(14)6(5-10-11)4-7(12)13/h5,10H,4H2,1-3H3,(H,12,13). The van der Waals surface area contributed by atoms with Gasteiger partial charge in [-0.15, -0.1) is 0 Å². The summed E-state index contributed by atoms with van der Waals surface area (Å²) in [4.78, 5) is 22.0. The van der Waals surface area contributed by atoms with Crippen molar-refractivity contribution < 1.29 is 9.90 Å². The van der Waals surface area contributed by atoms with E-state index in [2.05, 4.69) is 5.10 Å². The highest BCUT2D eigenvalue weighted by Gasteiger charge is 2.18. The lowest BCUT2D eigenvalue weighted by Gasteiger charge is -2.18. The Morgan fingerprint density at radius 2 is 2.14 bits per heavy atom. The molecule has 1 aromatic rings. The number of hydrogen-bond donors (Lipinski definition) is 2. The molecule has 0 atom stereocenters. The van der Waals surface area contributed by atoms with E-state index >= 15 is 0 Å². The maximum absolute atomic E-state index is 11.6. The van der Waals surface area contributed by atoms with Gasteiger partial charge in [-0.3, -0.25) is 9.59 Å². The topological polar surface area (TPSA) is 75.1 Å². The van der Waals surface area contributed by atoms with E-state index in [4.69, 9.17) is 5.11 Å². The zero-order valence-corrected chi connectivity index (χ0v) is 8.50. The molecule has 0 aliphatic heterocycles. The number of aromatic nitrogens is 2. The Kier molecular flexibility index (Phi) is 2.51. The molecule has 2 N–H and O–H groups in total. The second-order valence-corrected chi connectivity index (χ2v) is 4.18. The SMILES string of the molecule is CC(C)(C)n1[nH]cc(CC(=O)O)c1=O. The molecule has 1 aromatic heterocycles. The van der Waals surface area contributed by atoms with Crippen molar-refractivity contribution >= 4 is 5.97 Å². The van der Waals surface area contributed by atoms with E-state index in [1.54, 1.807) is 0 Å². The zero-order chi connectivity index (χ0) is 10.9. The summed E-state index contributed by atoms with van der Waals surface area (Å²) in [5.74, 6) is -0.998. The largest absolute Gasteiger partial charge is 0.481 e. The lowest BCUT2D eigenvalue weighted by molar-refractivity contribution is -0.136. The Hall–Kier alpha value is -1.52. The number of H-pyrrole nitrogens is 1. The fourth-order valence-corrected chi connectivity index (χ4v) is 1.19. The third-order valence-electron chi connectivity index (χ3n) is 1.86. The summed E-state index contributed by atoms with van der Waals surface area (Å²) in [6.45, 7) is 5.61. The van der Waals surface area contributed by atoms with E-state index in [1.165, 1.54) is 10.9 Å². The molecule has 1 rings (SSSR count). The third kappa shape index (κ3) is 2.04. The smallest absolute Gasteiger partial charge is 0.308 e. The highest BCUT2D eigenvalue weighted by Crippen LogP contribution is 2.09. The van der Waals surface area contributed by atoms with Crippen molar-refractivity contribution in [2.45, 2.75) is 32.7 Å². The zero-order valence-electron chi connectivity index (χ0n) is 8.50. The van der Waals surface area contributed by atoms with Crippen molar-refractivity contribution in [1.82, 2.24) is 9.78 Å². The molecule has 0 bridgehead atoms. The Balaban J connectivity index is 3.10. The van der Waals surface area contributed by atoms with Gasteiger partial charge in [0.25, 0.3) is 5.56 Å². The first kappa shape index (κ1) is 10.6. The lowest BCUT2D eigenvalue weighted by Crippen LogP contribution is -2.33. The number of aromatic amines is 1. The van der Waals surface area contributed by atoms with Gasteiger partial charge in [0.05, 0.1) is 12.0 Å². The van der Waals surface area contributed by atoms with Gasteiger partial charge in [-0.2, -0.15) is 0 Å². The van der Waals surface area contributed by atoms with Crippen LogP contribution < -0.4 is 5.56 Å². The van der Waals surface area contributed by atoms with Crippen molar-refractivity contribution in [3.63, 3.8) is 0 Å². The highest BCUT2D eigenvalue weighted by molar-refractivity contribution is 5.69. The predicted octanol–water partition coefficient (Wildman–Crippen LogP) is 0.558. The van der Waals surface area contributed by atoms with Gasteiger partial charge in [-0.05, 0) is 20.8 Å². The Morgan fingerprint density at radius 3 is 2.50 bits per heavy atom. The van der Waals surface area contributed by atoms with Crippen molar-refractivity contribution in [3.8, 4) is 0 Å². The van der Waals surface area contributed by atoms with E-state index in [0.29, 0.717) is 0 Å². The summed E-state index contributed by atoms with van der Waals surface area (Å²) >= 11 is 0. The summed E-state index contributed by atoms with van der Waals surface area (Å²) in [5.41, 5.74) is -0.333. The first-order valence-electron chi connectivity index (χ1n) is 4.34. The first-order valence-corrected chi connectivity index (χ1v) is 4.34. The van der Waals surface area contributed by atoms with Gasteiger partial charge >= 0.3 is 5.97 Å². The molecule has 0 saturated carbocycles. The van der Waals surface area contributed by atoms with E-state index in [9.17, 15) is 9.59 Å². The van der Waals surface area contributed by atoms with Gasteiger partial charge in [0.1, 0.15) is 0 Å². The molecule has 0 amide bonds. The van der Waals surface area contributed by atoms with Crippen molar-refractivity contribution in [3.05, 3.63) is 22.1 Å². The molecule has 0 aliphatic carbocycles. The summed E-state index contributed by atoms with van der Waals surface area (Å²) in [6, 6.07) is 0. The molecule has 0 saturated heterocycles. The summed E-state index contributed by atoms with van der Waals surface area (Å²) in [6.07, 6.45) is 1.21. The number of nitrogens with one attached hydrogen (secondary N) is 1. The van der Waals surface area contributed by atoms with Gasteiger partial charge in [0.15, 0.2) is 0 Å². The second-order valence-electron chi connectivity index (χ2n) is 4.18. The third-order valence-corrected chi connectivity index (χ3v) is 1.86. The van der Waals surface area contributed by atoms with E-state index in [-0.39, 0.29) is 23.1 Å². The summed E-state index contributed by atoms with van der Waals surface area (Å²) in [5, 5.41) is 11.3. The van der Waals surface area contributed by atoms with Crippen LogP contribution in [0.2, 0.25) is 0 Å². The average Bonchev–Trinajstić information content (AvgIpc) is 2.30. The van der Waals surface area contributed by atoms with Crippen LogP contribution in [0.25, 0.3) is 0 Å². The van der Waals surface area contributed by atoms with Crippen LogP contribution in [0.1, 0.15) is 26.3 Å². The monoisotopic (exact) mass is 198 g/mol. The van der Waals surface area contributed by atoms with Crippen LogP contribution in [0.5, 0.6) is 0 Å². The Labute approximate surface area is 81.3 Å². The molecule has 0 aromatic carbocycles. The second kappa shape index (κ2) is 3.32. The maximum atomic E-state index is 11.6. The minimum absolute atomic E-state index is 0.238. The summed E-state index contributed by atoms with van der Waals surface area (Å²) < 4.78 is 1.42. The number of carbonyl (C=O) groups is 1. The highest BCUT2D eigenvalue weighted by atomic mass is 16.4. The normalized spacial score (nSPS) is 11.6. The molecule has 0 spiro atoms. The molecule has 0 fully saturated rings. The van der Waals surface area contributed by atoms with E-state index < -0.39 is 5.97 Å². The number of hydrogen-bond acceptors (Lipinski definition) is 2. The van der Waals surface area contributed by atoms with Gasteiger partial charge in [0, 0.05) is 11.8 Å². The van der Waals surface area contributed by atoms with Crippen molar-refractivity contribution in [2.75, 3.05) is 0 Å². The fraction of sp³-hybridized carbons (Fsp3) is 0.556. The number of carboxylic acid groups (broad SMARTS) is 1. The van der Waals surface area contributed by atoms with E-state index in [0.717, 1.165) is 0 Å². The van der Waals surface area contributed by atoms with Crippen molar-refractivity contribution in [2.24, 2.45) is 0 Å².